The van der Waals surface area contributed by atoms with Gasteiger partial charge in [0.05, 0.1) is 25.6 Å². The van der Waals surface area contributed by atoms with E-state index in [1.807, 2.05) is 32.9 Å². The monoisotopic (exact) mass is 399 g/mol. The van der Waals surface area contributed by atoms with Gasteiger partial charge in [0, 0.05) is 17.0 Å². The molecule has 29 heavy (non-hydrogen) atoms. The van der Waals surface area contributed by atoms with Gasteiger partial charge in [-0.15, -0.1) is 0 Å². The maximum Gasteiger partial charge on any atom is 0.410 e. The van der Waals surface area contributed by atoms with Crippen LogP contribution in [0, 0.1) is 5.92 Å². The Hall–Kier alpha value is -3.03. The number of furan rings is 1. The average molecular weight is 399 g/mol. The van der Waals surface area contributed by atoms with Gasteiger partial charge in [0.25, 0.3) is 0 Å². The van der Waals surface area contributed by atoms with E-state index in [1.54, 1.807) is 23.5 Å². The van der Waals surface area contributed by atoms with Crippen LogP contribution in [0.25, 0.3) is 11.1 Å². The smallest absolute Gasteiger partial charge is 0.410 e. The summed E-state index contributed by atoms with van der Waals surface area (Å²) in [5, 5.41) is 2.84. The third kappa shape index (κ3) is 4.70. The molecule has 1 aliphatic heterocycles. The fourth-order valence-corrected chi connectivity index (χ4v) is 2.96. The van der Waals surface area contributed by atoms with Crippen molar-refractivity contribution in [3.05, 3.63) is 30.7 Å². The summed E-state index contributed by atoms with van der Waals surface area (Å²) in [7, 11) is 0. The number of pyridine rings is 1. The Kier molecular flexibility index (Phi) is 4.94. The fraction of sp³-hybridized carbons (Fsp3) is 0.476. The normalized spacial score (nSPS) is 16.9. The van der Waals surface area contributed by atoms with Crippen LogP contribution < -0.4 is 10.1 Å². The molecule has 1 aliphatic carbocycles. The van der Waals surface area contributed by atoms with E-state index in [9.17, 15) is 9.59 Å². The minimum atomic E-state index is -0.535. The van der Waals surface area contributed by atoms with Crippen LogP contribution in [0.5, 0.6) is 5.88 Å². The highest BCUT2D eigenvalue weighted by atomic mass is 16.6. The number of nitrogens with one attached hydrogen (secondary N) is 1. The molecular weight excluding hydrogens is 374 g/mol. The number of hydrogen-bond donors (Lipinski definition) is 1. The van der Waals surface area contributed by atoms with E-state index in [0.717, 1.165) is 24.0 Å². The van der Waals surface area contributed by atoms with Gasteiger partial charge in [-0.05, 0) is 51.8 Å². The Bertz CT molecular complexity index is 894. The molecule has 2 aliphatic rings. The van der Waals surface area contributed by atoms with Crippen molar-refractivity contribution >= 4 is 17.8 Å². The van der Waals surface area contributed by atoms with E-state index in [2.05, 4.69) is 10.3 Å². The summed E-state index contributed by atoms with van der Waals surface area (Å²) in [4.78, 5) is 30.3. The number of ether oxygens (including phenoxy) is 2. The second-order valence-corrected chi connectivity index (χ2v) is 8.45. The summed E-state index contributed by atoms with van der Waals surface area (Å²) in [6, 6.07) is 5.42. The number of amides is 2. The predicted octanol–water partition coefficient (Wildman–Crippen LogP) is 3.69. The molecule has 154 valence electrons. The van der Waals surface area contributed by atoms with E-state index in [1.165, 1.54) is 0 Å². The summed E-state index contributed by atoms with van der Waals surface area (Å²) >= 11 is 0. The number of aromatic nitrogens is 1. The zero-order valence-electron chi connectivity index (χ0n) is 16.8. The van der Waals surface area contributed by atoms with Crippen LogP contribution in [-0.2, 0) is 9.53 Å². The molecular formula is C21H25N3O5. The summed E-state index contributed by atoms with van der Waals surface area (Å²) in [6.45, 7) is 6.34. The number of carbonyl (C=O) groups is 2. The molecule has 2 aromatic rings. The van der Waals surface area contributed by atoms with Crippen LogP contribution in [0.3, 0.4) is 0 Å². The molecule has 1 saturated carbocycles. The molecule has 1 saturated heterocycles. The molecule has 0 aromatic carbocycles. The predicted molar refractivity (Wildman–Crippen MR) is 106 cm³/mol. The molecule has 0 atom stereocenters. The average Bonchev–Trinajstić information content (AvgIpc) is 3.32. The Morgan fingerprint density at radius 1 is 1.21 bits per heavy atom. The maximum atomic E-state index is 12.1. The van der Waals surface area contributed by atoms with Crippen LogP contribution in [-0.4, -0.2) is 46.7 Å². The zero-order chi connectivity index (χ0) is 20.6. The standard InChI is InChI=1S/C21H25N3O5/c1-21(2,3)29-20(26)24-10-15(11-24)28-19-16(14-8-9-27-12-14)6-7-17(23-19)22-18(25)13-4-5-13/h6-9,12-13,15H,4-5,10-11H2,1-3H3,(H,22,23,25). The first kappa shape index (κ1) is 19.3. The lowest BCUT2D eigenvalue weighted by atomic mass is 10.1. The first-order valence-corrected chi connectivity index (χ1v) is 9.77. The number of rotatable bonds is 5. The summed E-state index contributed by atoms with van der Waals surface area (Å²) in [5.41, 5.74) is 1.06. The molecule has 2 amide bonds. The Morgan fingerprint density at radius 3 is 2.59 bits per heavy atom. The Balaban J connectivity index is 1.45. The summed E-state index contributed by atoms with van der Waals surface area (Å²) in [6.07, 6.45) is 4.48. The molecule has 8 nitrogen and oxygen atoms in total. The molecule has 0 unspecified atom stereocenters. The van der Waals surface area contributed by atoms with Crippen molar-refractivity contribution in [2.75, 3.05) is 18.4 Å². The van der Waals surface area contributed by atoms with E-state index in [-0.39, 0.29) is 24.0 Å². The quantitative estimate of drug-likeness (QED) is 0.824. The number of likely N-dealkylation sites (tertiary alicyclic amines) is 1. The molecule has 2 aromatic heterocycles. The van der Waals surface area contributed by atoms with Crippen molar-refractivity contribution in [1.82, 2.24) is 9.88 Å². The van der Waals surface area contributed by atoms with Crippen LogP contribution >= 0.6 is 0 Å². The van der Waals surface area contributed by atoms with E-state index in [0.29, 0.717) is 24.8 Å². The molecule has 0 spiro atoms. The summed E-state index contributed by atoms with van der Waals surface area (Å²) in [5.74, 6) is 0.921. The lowest BCUT2D eigenvalue weighted by Crippen LogP contribution is -2.57. The number of anilines is 1. The van der Waals surface area contributed by atoms with Gasteiger partial charge < -0.3 is 24.1 Å². The van der Waals surface area contributed by atoms with Crippen LogP contribution in [0.4, 0.5) is 10.6 Å². The maximum absolute atomic E-state index is 12.1. The first-order valence-electron chi connectivity index (χ1n) is 9.77. The van der Waals surface area contributed by atoms with Crippen LogP contribution in [0.1, 0.15) is 33.6 Å². The third-order valence-corrected chi connectivity index (χ3v) is 4.67. The highest BCUT2D eigenvalue weighted by molar-refractivity contribution is 5.93. The highest BCUT2D eigenvalue weighted by Gasteiger charge is 2.36. The van der Waals surface area contributed by atoms with Crippen molar-refractivity contribution in [3.8, 4) is 17.0 Å². The van der Waals surface area contributed by atoms with E-state index in [4.69, 9.17) is 13.9 Å². The number of carbonyl (C=O) groups excluding carboxylic acids is 2. The molecule has 0 bridgehead atoms. The third-order valence-electron chi connectivity index (χ3n) is 4.67. The minimum Gasteiger partial charge on any atom is -0.472 e. The van der Waals surface area contributed by atoms with Gasteiger partial charge in [-0.25, -0.2) is 4.79 Å². The lowest BCUT2D eigenvalue weighted by molar-refractivity contribution is -0.117. The fourth-order valence-electron chi connectivity index (χ4n) is 2.96. The molecule has 0 radical (unpaired) electrons. The van der Waals surface area contributed by atoms with Crippen molar-refractivity contribution in [3.63, 3.8) is 0 Å². The topological polar surface area (TPSA) is 93.9 Å². The summed E-state index contributed by atoms with van der Waals surface area (Å²) < 4.78 is 16.6. The SMILES string of the molecule is CC(C)(C)OC(=O)N1CC(Oc2nc(NC(=O)C3CC3)ccc2-c2ccoc2)C1. The van der Waals surface area contributed by atoms with Gasteiger partial charge in [-0.1, -0.05) is 0 Å². The second-order valence-electron chi connectivity index (χ2n) is 8.45. The van der Waals surface area contributed by atoms with Crippen molar-refractivity contribution in [1.29, 1.82) is 0 Å². The number of hydrogen-bond acceptors (Lipinski definition) is 6. The van der Waals surface area contributed by atoms with E-state index < -0.39 is 5.60 Å². The molecule has 8 heteroatoms. The van der Waals surface area contributed by atoms with Crippen molar-refractivity contribution in [2.45, 2.75) is 45.3 Å². The van der Waals surface area contributed by atoms with Gasteiger partial charge in [0.1, 0.15) is 17.5 Å². The Morgan fingerprint density at radius 2 is 1.97 bits per heavy atom. The van der Waals surface area contributed by atoms with Gasteiger partial charge in [0.2, 0.25) is 11.8 Å². The van der Waals surface area contributed by atoms with Crippen LogP contribution in [0.2, 0.25) is 0 Å². The van der Waals surface area contributed by atoms with Gasteiger partial charge >= 0.3 is 6.09 Å². The lowest BCUT2D eigenvalue weighted by Gasteiger charge is -2.39. The van der Waals surface area contributed by atoms with E-state index >= 15 is 0 Å². The van der Waals surface area contributed by atoms with Crippen molar-refractivity contribution < 1.29 is 23.5 Å². The van der Waals surface area contributed by atoms with Gasteiger partial charge in [-0.2, -0.15) is 4.98 Å². The molecule has 4 rings (SSSR count). The Labute approximate surface area is 169 Å². The molecule has 3 heterocycles. The highest BCUT2D eigenvalue weighted by Crippen LogP contribution is 2.34. The largest absolute Gasteiger partial charge is 0.472 e. The molecule has 1 N–H and O–H groups in total. The zero-order valence-corrected chi connectivity index (χ0v) is 16.8. The van der Waals surface area contributed by atoms with Gasteiger partial charge in [0.15, 0.2) is 0 Å². The number of nitrogens with zero attached hydrogens (tertiary/aromatic N) is 2. The second kappa shape index (κ2) is 7.42. The van der Waals surface area contributed by atoms with Gasteiger partial charge in [-0.3, -0.25) is 4.79 Å². The van der Waals surface area contributed by atoms with Crippen molar-refractivity contribution in [2.24, 2.45) is 5.92 Å². The molecule has 2 fully saturated rings. The first-order chi connectivity index (χ1) is 13.8. The minimum absolute atomic E-state index is 0.0146. The van der Waals surface area contributed by atoms with Crippen LogP contribution in [0.15, 0.2) is 35.1 Å².